The van der Waals surface area contributed by atoms with Crippen LogP contribution in [0.4, 0.5) is 0 Å². The minimum atomic E-state index is -0.286. The van der Waals surface area contributed by atoms with Crippen molar-refractivity contribution in [1.82, 2.24) is 15.6 Å². The number of benzene rings is 2. The summed E-state index contributed by atoms with van der Waals surface area (Å²) >= 11 is 5.89. The zero-order chi connectivity index (χ0) is 18.1. The molecule has 0 saturated heterocycles. The van der Waals surface area contributed by atoms with E-state index in [-0.39, 0.29) is 5.91 Å². The Bertz CT molecular complexity index is 1000. The lowest BCUT2D eigenvalue weighted by Gasteiger charge is -2.15. The number of carbonyl (C=O) groups is 1. The quantitative estimate of drug-likeness (QED) is 0.545. The van der Waals surface area contributed by atoms with Crippen molar-refractivity contribution < 1.29 is 4.79 Å². The van der Waals surface area contributed by atoms with Crippen LogP contribution in [0.3, 0.4) is 0 Å². The third-order valence-electron chi connectivity index (χ3n) is 4.60. The molecular formula is C20H17ClN4O. The highest BCUT2D eigenvalue weighted by molar-refractivity contribution is 6.30. The molecule has 0 fully saturated rings. The van der Waals surface area contributed by atoms with Gasteiger partial charge in [-0.1, -0.05) is 48.0 Å². The SMILES string of the molecule is C/C(=N/NC(=O)c1[nH]nc2c1CCc1ccccc1-2)c1ccc(Cl)cc1. The molecule has 1 aliphatic carbocycles. The van der Waals surface area contributed by atoms with E-state index in [1.807, 2.05) is 37.3 Å². The summed E-state index contributed by atoms with van der Waals surface area (Å²) in [4.78, 5) is 12.6. The number of aromatic nitrogens is 2. The zero-order valence-corrected chi connectivity index (χ0v) is 15.0. The maximum Gasteiger partial charge on any atom is 0.289 e. The van der Waals surface area contributed by atoms with Gasteiger partial charge in [0.05, 0.1) is 11.4 Å². The van der Waals surface area contributed by atoms with Crippen LogP contribution in [-0.2, 0) is 12.8 Å². The molecule has 0 spiro atoms. The highest BCUT2D eigenvalue weighted by Gasteiger charge is 2.24. The molecule has 1 aromatic heterocycles. The number of hydrogen-bond donors (Lipinski definition) is 2. The van der Waals surface area contributed by atoms with Crippen molar-refractivity contribution in [3.8, 4) is 11.3 Å². The second-order valence-electron chi connectivity index (χ2n) is 6.23. The van der Waals surface area contributed by atoms with Crippen LogP contribution in [0.2, 0.25) is 5.02 Å². The summed E-state index contributed by atoms with van der Waals surface area (Å²) in [6.45, 7) is 1.84. The Balaban J connectivity index is 1.56. The lowest BCUT2D eigenvalue weighted by Crippen LogP contribution is -2.21. The normalized spacial score (nSPS) is 13.1. The van der Waals surface area contributed by atoms with Gasteiger partial charge in [0.15, 0.2) is 0 Å². The first-order valence-electron chi connectivity index (χ1n) is 8.39. The Hall–Kier alpha value is -2.92. The molecule has 0 radical (unpaired) electrons. The molecule has 0 bridgehead atoms. The van der Waals surface area contributed by atoms with Gasteiger partial charge in [-0.3, -0.25) is 9.89 Å². The second kappa shape index (κ2) is 6.77. The molecular weight excluding hydrogens is 348 g/mol. The number of rotatable bonds is 3. The first kappa shape index (κ1) is 16.5. The van der Waals surface area contributed by atoms with E-state index in [2.05, 4.69) is 26.8 Å². The van der Waals surface area contributed by atoms with Crippen LogP contribution < -0.4 is 5.43 Å². The molecule has 1 heterocycles. The summed E-state index contributed by atoms with van der Waals surface area (Å²) < 4.78 is 0. The van der Waals surface area contributed by atoms with Gasteiger partial charge < -0.3 is 0 Å². The standard InChI is InChI=1S/C20H17ClN4O/c1-12(13-6-9-15(21)10-7-13)22-25-20(26)19-17-11-8-14-4-2-3-5-16(14)18(17)23-24-19/h2-7,9-10H,8,11H2,1H3,(H,23,24)(H,25,26)/b22-12-. The molecule has 4 rings (SSSR count). The number of aromatic amines is 1. The summed E-state index contributed by atoms with van der Waals surface area (Å²) in [5.41, 5.74) is 8.84. The summed E-state index contributed by atoms with van der Waals surface area (Å²) in [6, 6.07) is 15.5. The number of halogens is 1. The fourth-order valence-corrected chi connectivity index (χ4v) is 3.32. The number of fused-ring (bicyclic) bond motifs is 3. The summed E-state index contributed by atoms with van der Waals surface area (Å²) in [7, 11) is 0. The molecule has 26 heavy (non-hydrogen) atoms. The minimum Gasteiger partial charge on any atom is -0.272 e. The van der Waals surface area contributed by atoms with Gasteiger partial charge >= 0.3 is 0 Å². The van der Waals surface area contributed by atoms with Crippen LogP contribution in [0.15, 0.2) is 53.6 Å². The fraction of sp³-hybridized carbons (Fsp3) is 0.150. The molecule has 2 N–H and O–H groups in total. The van der Waals surface area contributed by atoms with Gasteiger partial charge in [-0.05, 0) is 43.0 Å². The number of hydrazone groups is 1. The number of carbonyl (C=O) groups excluding carboxylic acids is 1. The van der Waals surface area contributed by atoms with Crippen LogP contribution in [0.25, 0.3) is 11.3 Å². The van der Waals surface area contributed by atoms with Crippen molar-refractivity contribution in [3.63, 3.8) is 0 Å². The molecule has 0 atom stereocenters. The molecule has 0 unspecified atom stereocenters. The van der Waals surface area contributed by atoms with Crippen LogP contribution >= 0.6 is 11.6 Å². The van der Waals surface area contributed by atoms with Crippen LogP contribution in [-0.4, -0.2) is 21.8 Å². The lowest BCUT2D eigenvalue weighted by atomic mass is 9.89. The maximum atomic E-state index is 12.6. The van der Waals surface area contributed by atoms with Crippen molar-refractivity contribution in [2.75, 3.05) is 0 Å². The van der Waals surface area contributed by atoms with Crippen LogP contribution in [0.5, 0.6) is 0 Å². The van der Waals surface area contributed by atoms with Crippen molar-refractivity contribution in [2.24, 2.45) is 5.10 Å². The van der Waals surface area contributed by atoms with Crippen LogP contribution in [0.1, 0.15) is 34.1 Å². The van der Waals surface area contributed by atoms with E-state index in [1.54, 1.807) is 12.1 Å². The highest BCUT2D eigenvalue weighted by Crippen LogP contribution is 2.33. The van der Waals surface area contributed by atoms with Gasteiger partial charge in [0.2, 0.25) is 0 Å². The van der Waals surface area contributed by atoms with Gasteiger partial charge in [0.1, 0.15) is 5.69 Å². The maximum absolute atomic E-state index is 12.6. The largest absolute Gasteiger partial charge is 0.289 e. The Morgan fingerprint density at radius 3 is 2.73 bits per heavy atom. The molecule has 0 aliphatic heterocycles. The third-order valence-corrected chi connectivity index (χ3v) is 4.85. The van der Waals surface area contributed by atoms with Gasteiger partial charge in [0.25, 0.3) is 5.91 Å². The number of nitrogens with one attached hydrogen (secondary N) is 2. The van der Waals surface area contributed by atoms with E-state index >= 15 is 0 Å². The monoisotopic (exact) mass is 364 g/mol. The van der Waals surface area contributed by atoms with Crippen LogP contribution in [0, 0.1) is 0 Å². The minimum absolute atomic E-state index is 0.286. The average molecular weight is 365 g/mol. The van der Waals surface area contributed by atoms with Gasteiger partial charge in [0, 0.05) is 16.1 Å². The predicted molar refractivity (Wildman–Crippen MR) is 103 cm³/mol. The smallest absolute Gasteiger partial charge is 0.272 e. The molecule has 0 saturated carbocycles. The first-order chi connectivity index (χ1) is 12.6. The molecule has 3 aromatic rings. The Morgan fingerprint density at radius 1 is 1.15 bits per heavy atom. The number of hydrogen-bond acceptors (Lipinski definition) is 3. The van der Waals surface area contributed by atoms with Crippen molar-refractivity contribution in [1.29, 1.82) is 0 Å². The van der Waals surface area contributed by atoms with Gasteiger partial charge in [-0.25, -0.2) is 5.43 Å². The van der Waals surface area contributed by atoms with E-state index in [4.69, 9.17) is 11.6 Å². The number of amides is 1. The first-order valence-corrected chi connectivity index (χ1v) is 8.77. The average Bonchev–Trinajstić information content (AvgIpc) is 3.11. The summed E-state index contributed by atoms with van der Waals surface area (Å²) in [5, 5.41) is 12.1. The fourth-order valence-electron chi connectivity index (χ4n) is 3.19. The summed E-state index contributed by atoms with van der Waals surface area (Å²) in [5.74, 6) is -0.286. The second-order valence-corrected chi connectivity index (χ2v) is 6.66. The molecule has 1 aliphatic rings. The Morgan fingerprint density at radius 2 is 1.92 bits per heavy atom. The molecule has 5 nitrogen and oxygen atoms in total. The molecule has 1 amide bonds. The summed E-state index contributed by atoms with van der Waals surface area (Å²) in [6.07, 6.45) is 1.68. The number of nitrogens with zero attached hydrogens (tertiary/aromatic N) is 2. The molecule has 6 heteroatoms. The van der Waals surface area contributed by atoms with Crippen molar-refractivity contribution >= 4 is 23.2 Å². The van der Waals surface area contributed by atoms with E-state index in [9.17, 15) is 4.79 Å². The molecule has 130 valence electrons. The van der Waals surface area contributed by atoms with E-state index in [0.717, 1.165) is 35.2 Å². The third kappa shape index (κ3) is 3.02. The molecule has 2 aromatic carbocycles. The zero-order valence-electron chi connectivity index (χ0n) is 14.2. The van der Waals surface area contributed by atoms with E-state index in [1.165, 1.54) is 5.56 Å². The van der Waals surface area contributed by atoms with Gasteiger partial charge in [-0.2, -0.15) is 10.2 Å². The van der Waals surface area contributed by atoms with Crippen molar-refractivity contribution in [2.45, 2.75) is 19.8 Å². The van der Waals surface area contributed by atoms with E-state index < -0.39 is 0 Å². The Labute approximate surface area is 156 Å². The number of aryl methyl sites for hydroxylation is 1. The number of H-pyrrole nitrogens is 1. The Kier molecular flexibility index (Phi) is 4.31. The highest BCUT2D eigenvalue weighted by atomic mass is 35.5. The van der Waals surface area contributed by atoms with E-state index in [0.29, 0.717) is 16.4 Å². The lowest BCUT2D eigenvalue weighted by molar-refractivity contribution is 0.0949. The topological polar surface area (TPSA) is 70.1 Å². The van der Waals surface area contributed by atoms with Crippen molar-refractivity contribution in [3.05, 3.63) is 75.9 Å². The van der Waals surface area contributed by atoms with Gasteiger partial charge in [-0.15, -0.1) is 0 Å². The predicted octanol–water partition coefficient (Wildman–Crippen LogP) is 3.98.